The van der Waals surface area contributed by atoms with E-state index in [2.05, 4.69) is 4.98 Å². The molecule has 0 aliphatic carbocycles. The number of carbonyl (C=O) groups excluding carboxylic acids is 1. The van der Waals surface area contributed by atoms with Gasteiger partial charge in [0.25, 0.3) is 0 Å². The summed E-state index contributed by atoms with van der Waals surface area (Å²) in [5, 5.41) is 0. The highest BCUT2D eigenvalue weighted by atomic mass is 16.5. The molecule has 0 fully saturated rings. The Bertz CT molecular complexity index is 863. The number of aromatic nitrogens is 1. The minimum Gasteiger partial charge on any atom is -0.465 e. The lowest BCUT2D eigenvalue weighted by atomic mass is 9.88. The fraction of sp³-hybridized carbons (Fsp3) is 0.182. The standard InChI is InChI=1S/C22H19NO3/c24-22(25-14-6-8-16-7-5-13-23-15-16)21-17-9-1-3-11-19(17)26-20-12-4-2-10-18(20)21/h1-5,7,9-13,15,21H,6,8,14H2. The third kappa shape index (κ3) is 3.31. The summed E-state index contributed by atoms with van der Waals surface area (Å²) in [6.07, 6.45) is 5.20. The van der Waals surface area contributed by atoms with Crippen LogP contribution in [-0.4, -0.2) is 17.6 Å². The Labute approximate surface area is 152 Å². The maximum atomic E-state index is 12.8. The molecule has 2 heterocycles. The van der Waals surface area contributed by atoms with Crippen molar-refractivity contribution in [1.29, 1.82) is 0 Å². The van der Waals surface area contributed by atoms with E-state index in [1.807, 2.05) is 66.9 Å². The zero-order chi connectivity index (χ0) is 17.8. The summed E-state index contributed by atoms with van der Waals surface area (Å²) in [7, 11) is 0. The Balaban J connectivity index is 1.47. The zero-order valence-electron chi connectivity index (χ0n) is 14.3. The summed E-state index contributed by atoms with van der Waals surface area (Å²) in [5.74, 6) is 0.737. The summed E-state index contributed by atoms with van der Waals surface area (Å²) >= 11 is 0. The number of hydrogen-bond donors (Lipinski definition) is 0. The van der Waals surface area contributed by atoms with Gasteiger partial charge in [0.05, 0.1) is 6.61 Å². The molecule has 0 amide bonds. The number of carbonyl (C=O) groups is 1. The minimum absolute atomic E-state index is 0.237. The third-order valence-electron chi connectivity index (χ3n) is 4.49. The van der Waals surface area contributed by atoms with E-state index in [0.717, 1.165) is 29.5 Å². The molecular weight excluding hydrogens is 326 g/mol. The fourth-order valence-corrected chi connectivity index (χ4v) is 3.24. The van der Waals surface area contributed by atoms with E-state index in [0.29, 0.717) is 18.1 Å². The average molecular weight is 345 g/mol. The number of rotatable bonds is 5. The first-order valence-electron chi connectivity index (χ1n) is 8.74. The molecule has 0 spiro atoms. The lowest BCUT2D eigenvalue weighted by Crippen LogP contribution is -2.21. The number of fused-ring (bicyclic) bond motifs is 2. The zero-order valence-corrected chi connectivity index (χ0v) is 14.3. The van der Waals surface area contributed by atoms with Crippen LogP contribution < -0.4 is 4.74 Å². The number of pyridine rings is 1. The topological polar surface area (TPSA) is 48.4 Å². The molecule has 0 saturated heterocycles. The van der Waals surface area contributed by atoms with Gasteiger partial charge in [-0.3, -0.25) is 9.78 Å². The van der Waals surface area contributed by atoms with Crippen LogP contribution in [0.25, 0.3) is 0 Å². The third-order valence-corrected chi connectivity index (χ3v) is 4.49. The summed E-state index contributed by atoms with van der Waals surface area (Å²) < 4.78 is 11.5. The first-order valence-corrected chi connectivity index (χ1v) is 8.74. The molecule has 3 aromatic rings. The molecule has 1 aliphatic heterocycles. The lowest BCUT2D eigenvalue weighted by molar-refractivity contribution is -0.144. The molecule has 130 valence electrons. The minimum atomic E-state index is -0.449. The van der Waals surface area contributed by atoms with Crippen molar-refractivity contribution in [1.82, 2.24) is 4.98 Å². The number of ether oxygens (including phenoxy) is 2. The number of hydrogen-bond acceptors (Lipinski definition) is 4. The van der Waals surface area contributed by atoms with Crippen molar-refractivity contribution in [2.75, 3.05) is 6.61 Å². The molecule has 0 bridgehead atoms. The van der Waals surface area contributed by atoms with Crippen LogP contribution in [0.2, 0.25) is 0 Å². The Morgan fingerprint density at radius 1 is 0.962 bits per heavy atom. The van der Waals surface area contributed by atoms with Crippen molar-refractivity contribution >= 4 is 5.97 Å². The average Bonchev–Trinajstić information content (AvgIpc) is 2.70. The van der Waals surface area contributed by atoms with Crippen LogP contribution in [0.5, 0.6) is 11.5 Å². The summed E-state index contributed by atoms with van der Waals surface area (Å²) in [4.78, 5) is 16.9. The SMILES string of the molecule is O=C(OCCCc1cccnc1)C1c2ccccc2Oc2ccccc21. The van der Waals surface area contributed by atoms with E-state index < -0.39 is 5.92 Å². The van der Waals surface area contributed by atoms with Crippen molar-refractivity contribution in [3.8, 4) is 11.5 Å². The molecule has 0 N–H and O–H groups in total. The Kier molecular flexibility index (Phi) is 4.65. The van der Waals surface area contributed by atoms with Gasteiger partial charge in [0.15, 0.2) is 0 Å². The van der Waals surface area contributed by atoms with Crippen LogP contribution in [0.3, 0.4) is 0 Å². The second-order valence-corrected chi connectivity index (χ2v) is 6.24. The van der Waals surface area contributed by atoms with Gasteiger partial charge >= 0.3 is 5.97 Å². The first-order chi connectivity index (χ1) is 12.8. The lowest BCUT2D eigenvalue weighted by Gasteiger charge is -2.26. The highest BCUT2D eigenvalue weighted by molar-refractivity contribution is 5.85. The van der Waals surface area contributed by atoms with Gasteiger partial charge in [0.2, 0.25) is 0 Å². The Morgan fingerprint density at radius 2 is 1.65 bits per heavy atom. The number of aryl methyl sites for hydroxylation is 1. The van der Waals surface area contributed by atoms with Crippen molar-refractivity contribution in [3.05, 3.63) is 89.7 Å². The van der Waals surface area contributed by atoms with Gasteiger partial charge in [-0.15, -0.1) is 0 Å². The second-order valence-electron chi connectivity index (χ2n) is 6.24. The maximum Gasteiger partial charge on any atom is 0.318 e. The quantitative estimate of drug-likeness (QED) is 0.505. The highest BCUT2D eigenvalue weighted by Crippen LogP contribution is 2.44. The molecule has 1 aromatic heterocycles. The largest absolute Gasteiger partial charge is 0.465 e. The first kappa shape index (κ1) is 16.3. The molecule has 1 aliphatic rings. The summed E-state index contributed by atoms with van der Waals surface area (Å²) in [5.41, 5.74) is 2.84. The van der Waals surface area contributed by atoms with Gasteiger partial charge in [0.1, 0.15) is 17.4 Å². The smallest absolute Gasteiger partial charge is 0.318 e. The molecule has 0 saturated carbocycles. The number of para-hydroxylation sites is 2. The van der Waals surface area contributed by atoms with Gasteiger partial charge in [-0.05, 0) is 36.6 Å². The number of benzene rings is 2. The molecular formula is C22H19NO3. The van der Waals surface area contributed by atoms with Crippen LogP contribution in [0, 0.1) is 0 Å². The fourth-order valence-electron chi connectivity index (χ4n) is 3.24. The molecule has 4 heteroatoms. The van der Waals surface area contributed by atoms with E-state index >= 15 is 0 Å². The number of nitrogens with zero attached hydrogens (tertiary/aromatic N) is 1. The predicted molar refractivity (Wildman–Crippen MR) is 98.3 cm³/mol. The summed E-state index contributed by atoms with van der Waals surface area (Å²) in [6, 6.07) is 19.2. The van der Waals surface area contributed by atoms with Crippen molar-refractivity contribution in [3.63, 3.8) is 0 Å². The molecule has 2 aromatic carbocycles. The predicted octanol–water partition coefficient (Wildman–Crippen LogP) is 4.50. The van der Waals surface area contributed by atoms with Crippen molar-refractivity contribution in [2.24, 2.45) is 0 Å². The molecule has 4 rings (SSSR count). The van der Waals surface area contributed by atoms with Crippen LogP contribution in [0.15, 0.2) is 73.1 Å². The molecule has 4 nitrogen and oxygen atoms in total. The van der Waals surface area contributed by atoms with Gasteiger partial charge < -0.3 is 9.47 Å². The highest BCUT2D eigenvalue weighted by Gasteiger charge is 2.33. The number of esters is 1. The summed E-state index contributed by atoms with van der Waals surface area (Å²) in [6.45, 7) is 0.384. The second kappa shape index (κ2) is 7.40. The van der Waals surface area contributed by atoms with E-state index in [9.17, 15) is 4.79 Å². The van der Waals surface area contributed by atoms with Crippen LogP contribution >= 0.6 is 0 Å². The molecule has 0 radical (unpaired) electrons. The monoisotopic (exact) mass is 345 g/mol. The van der Waals surface area contributed by atoms with Crippen LogP contribution in [-0.2, 0) is 16.0 Å². The van der Waals surface area contributed by atoms with E-state index in [1.165, 1.54) is 0 Å². The maximum absolute atomic E-state index is 12.8. The van der Waals surface area contributed by atoms with Crippen LogP contribution in [0.4, 0.5) is 0 Å². The molecule has 0 atom stereocenters. The Morgan fingerprint density at radius 3 is 2.31 bits per heavy atom. The van der Waals surface area contributed by atoms with Crippen LogP contribution in [0.1, 0.15) is 29.0 Å². The van der Waals surface area contributed by atoms with E-state index in [4.69, 9.17) is 9.47 Å². The normalized spacial score (nSPS) is 12.6. The Hall–Kier alpha value is -3.14. The van der Waals surface area contributed by atoms with Crippen molar-refractivity contribution < 1.29 is 14.3 Å². The van der Waals surface area contributed by atoms with Gasteiger partial charge in [-0.25, -0.2) is 0 Å². The van der Waals surface area contributed by atoms with Gasteiger partial charge in [-0.2, -0.15) is 0 Å². The molecule has 26 heavy (non-hydrogen) atoms. The van der Waals surface area contributed by atoms with E-state index in [-0.39, 0.29) is 5.97 Å². The van der Waals surface area contributed by atoms with E-state index in [1.54, 1.807) is 6.20 Å². The molecule has 0 unspecified atom stereocenters. The van der Waals surface area contributed by atoms with Gasteiger partial charge in [-0.1, -0.05) is 42.5 Å². The van der Waals surface area contributed by atoms with Crippen molar-refractivity contribution in [2.45, 2.75) is 18.8 Å². The van der Waals surface area contributed by atoms with Gasteiger partial charge in [0, 0.05) is 23.5 Å².